The number of benzene rings is 1. The molecule has 1 aromatic heterocycles. The first-order valence-corrected chi connectivity index (χ1v) is 13.0. The molecule has 34 heavy (non-hydrogen) atoms. The third kappa shape index (κ3) is 5.74. The van der Waals surface area contributed by atoms with Crippen LogP contribution in [0.5, 0.6) is 0 Å². The molecule has 0 spiro atoms. The molecule has 3 aliphatic rings. The Morgan fingerprint density at radius 1 is 1.15 bits per heavy atom. The number of carbonyl (C=O) groups is 1. The number of nitrogens with one attached hydrogen (secondary N) is 1. The molecule has 5 nitrogen and oxygen atoms in total. The van der Waals surface area contributed by atoms with Crippen LogP contribution in [-0.2, 0) is 24.2 Å². The van der Waals surface area contributed by atoms with Crippen LogP contribution in [-0.4, -0.2) is 53.9 Å². The van der Waals surface area contributed by atoms with Gasteiger partial charge >= 0.3 is 0 Å². The highest BCUT2D eigenvalue weighted by molar-refractivity contribution is 7.15. The van der Waals surface area contributed by atoms with E-state index in [0.29, 0.717) is 5.92 Å². The molecule has 2 aliphatic heterocycles. The lowest BCUT2D eigenvalue weighted by Crippen LogP contribution is -2.56. The van der Waals surface area contributed by atoms with E-state index in [0.717, 1.165) is 74.5 Å². The third-order valence-corrected chi connectivity index (χ3v) is 8.47. The number of fused-ring (bicyclic) bond motifs is 1. The second-order valence-corrected chi connectivity index (χ2v) is 11.0. The van der Waals surface area contributed by atoms with Crippen LogP contribution in [0.1, 0.15) is 48.2 Å². The van der Waals surface area contributed by atoms with E-state index in [4.69, 9.17) is 0 Å². The standard InChI is InChI=1S/C25H31F3N4OS/c26-19-5-1-18(2-6-19)13-23(33)29-20-7-3-17(4-8-20)9-11-31-12-10-22-21(14-31)30-24(34-22)32-15-25(27,28)16-32/h1-2,5-6,17,20H,3-4,7-16H2,(H,29,33)/t17-,20-. The Hall–Kier alpha value is -2.13. The summed E-state index contributed by atoms with van der Waals surface area (Å²) in [6, 6.07) is 6.32. The van der Waals surface area contributed by atoms with Gasteiger partial charge < -0.3 is 10.2 Å². The summed E-state index contributed by atoms with van der Waals surface area (Å²) in [4.78, 5) is 22.4. The number of nitrogens with zero attached hydrogens (tertiary/aromatic N) is 3. The molecular formula is C25H31F3N4OS. The first-order chi connectivity index (χ1) is 16.3. The summed E-state index contributed by atoms with van der Waals surface area (Å²) in [5.74, 6) is -2.18. The van der Waals surface area contributed by atoms with E-state index < -0.39 is 5.92 Å². The molecule has 0 radical (unpaired) electrons. The lowest BCUT2D eigenvalue weighted by atomic mass is 9.84. The quantitative estimate of drug-likeness (QED) is 0.622. The van der Waals surface area contributed by atoms with Crippen molar-refractivity contribution in [2.75, 3.05) is 31.1 Å². The minimum absolute atomic E-state index is 0.00348. The summed E-state index contributed by atoms with van der Waals surface area (Å²) >= 11 is 1.58. The topological polar surface area (TPSA) is 48.5 Å². The lowest BCUT2D eigenvalue weighted by molar-refractivity contribution is -0.121. The van der Waals surface area contributed by atoms with Crippen molar-refractivity contribution in [2.24, 2.45) is 5.92 Å². The molecular weight excluding hydrogens is 461 g/mol. The van der Waals surface area contributed by atoms with Gasteiger partial charge in [-0.3, -0.25) is 9.69 Å². The summed E-state index contributed by atoms with van der Waals surface area (Å²) in [7, 11) is 0. The van der Waals surface area contributed by atoms with Crippen LogP contribution < -0.4 is 10.2 Å². The van der Waals surface area contributed by atoms with Crippen LogP contribution >= 0.6 is 11.3 Å². The van der Waals surface area contributed by atoms with Crippen LogP contribution in [0.2, 0.25) is 0 Å². The smallest absolute Gasteiger partial charge is 0.282 e. The highest BCUT2D eigenvalue weighted by Crippen LogP contribution is 2.37. The van der Waals surface area contributed by atoms with Gasteiger partial charge in [0, 0.05) is 24.0 Å². The van der Waals surface area contributed by atoms with Gasteiger partial charge in [0.2, 0.25) is 5.91 Å². The van der Waals surface area contributed by atoms with Gasteiger partial charge in [0.05, 0.1) is 25.2 Å². The van der Waals surface area contributed by atoms with Crippen molar-refractivity contribution in [1.29, 1.82) is 0 Å². The highest BCUT2D eigenvalue weighted by atomic mass is 32.1. The van der Waals surface area contributed by atoms with Crippen molar-refractivity contribution in [3.8, 4) is 0 Å². The Morgan fingerprint density at radius 2 is 1.88 bits per heavy atom. The number of aromatic nitrogens is 1. The second-order valence-electron chi connectivity index (χ2n) is 9.98. The molecule has 0 atom stereocenters. The number of hydrogen-bond acceptors (Lipinski definition) is 5. The van der Waals surface area contributed by atoms with E-state index in [2.05, 4.69) is 15.2 Å². The number of thiazole rings is 1. The Labute approximate surface area is 202 Å². The van der Waals surface area contributed by atoms with Gasteiger partial charge in [-0.2, -0.15) is 0 Å². The molecule has 3 heterocycles. The fourth-order valence-electron chi connectivity index (χ4n) is 5.24. The van der Waals surface area contributed by atoms with Gasteiger partial charge in [-0.1, -0.05) is 12.1 Å². The predicted octanol–water partition coefficient (Wildman–Crippen LogP) is 4.40. The molecule has 1 aliphatic carbocycles. The number of rotatable bonds is 7. The van der Waals surface area contributed by atoms with E-state index in [1.54, 1.807) is 28.4 Å². The van der Waals surface area contributed by atoms with Crippen molar-refractivity contribution in [3.63, 3.8) is 0 Å². The second kappa shape index (κ2) is 9.85. The highest BCUT2D eigenvalue weighted by Gasteiger charge is 2.45. The van der Waals surface area contributed by atoms with Gasteiger partial charge in [0.1, 0.15) is 5.82 Å². The number of anilines is 1. The Bertz CT molecular complexity index is 996. The van der Waals surface area contributed by atoms with Crippen LogP contribution in [0.25, 0.3) is 0 Å². The molecule has 1 aromatic carbocycles. The molecule has 0 bridgehead atoms. The van der Waals surface area contributed by atoms with Crippen molar-refractivity contribution in [1.82, 2.24) is 15.2 Å². The number of alkyl halides is 2. The molecule has 1 saturated heterocycles. The van der Waals surface area contributed by atoms with Crippen LogP contribution in [0.4, 0.5) is 18.3 Å². The molecule has 184 valence electrons. The molecule has 2 aromatic rings. The molecule has 1 saturated carbocycles. The average molecular weight is 493 g/mol. The first-order valence-electron chi connectivity index (χ1n) is 12.2. The Morgan fingerprint density at radius 3 is 2.59 bits per heavy atom. The minimum Gasteiger partial charge on any atom is -0.353 e. The molecule has 2 fully saturated rings. The van der Waals surface area contributed by atoms with Gasteiger partial charge in [-0.15, -0.1) is 11.3 Å². The van der Waals surface area contributed by atoms with Crippen molar-refractivity contribution in [3.05, 3.63) is 46.2 Å². The molecule has 9 heteroatoms. The summed E-state index contributed by atoms with van der Waals surface area (Å²) < 4.78 is 39.4. The molecule has 5 rings (SSSR count). The predicted molar refractivity (Wildman–Crippen MR) is 127 cm³/mol. The summed E-state index contributed by atoms with van der Waals surface area (Å²) in [5, 5.41) is 3.89. The van der Waals surface area contributed by atoms with Crippen molar-refractivity contribution < 1.29 is 18.0 Å². The third-order valence-electron chi connectivity index (χ3n) is 7.25. The minimum atomic E-state index is -2.57. The SMILES string of the molecule is O=C(Cc1ccc(F)cc1)N[C@H]1CC[C@H](CCN2CCc3sc(N4CC(F)(F)C4)nc3C2)CC1. The van der Waals surface area contributed by atoms with Crippen LogP contribution in [0, 0.1) is 11.7 Å². The zero-order chi connectivity index (χ0) is 23.7. The van der Waals surface area contributed by atoms with Crippen molar-refractivity contribution in [2.45, 2.75) is 63.5 Å². The van der Waals surface area contributed by atoms with E-state index in [-0.39, 0.29) is 37.3 Å². The van der Waals surface area contributed by atoms with Crippen molar-refractivity contribution >= 4 is 22.4 Å². The van der Waals surface area contributed by atoms with Gasteiger partial charge in [-0.05, 0) is 68.7 Å². The monoisotopic (exact) mass is 492 g/mol. The first kappa shape index (κ1) is 23.6. The zero-order valence-corrected chi connectivity index (χ0v) is 20.1. The number of hydrogen-bond donors (Lipinski definition) is 1. The van der Waals surface area contributed by atoms with Crippen LogP contribution in [0.15, 0.2) is 24.3 Å². The van der Waals surface area contributed by atoms with E-state index in [9.17, 15) is 18.0 Å². The van der Waals surface area contributed by atoms with Gasteiger partial charge in [0.15, 0.2) is 5.13 Å². The fraction of sp³-hybridized carbons (Fsp3) is 0.600. The fourth-order valence-corrected chi connectivity index (χ4v) is 6.30. The maximum Gasteiger partial charge on any atom is 0.282 e. The Kier molecular flexibility index (Phi) is 6.84. The summed E-state index contributed by atoms with van der Waals surface area (Å²) in [6.07, 6.45) is 6.61. The normalized spacial score (nSPS) is 24.4. The van der Waals surface area contributed by atoms with E-state index in [1.807, 2.05) is 0 Å². The maximum atomic E-state index is 13.2. The number of halogens is 3. The zero-order valence-electron chi connectivity index (χ0n) is 19.2. The van der Waals surface area contributed by atoms with Crippen LogP contribution in [0.3, 0.4) is 0 Å². The summed E-state index contributed by atoms with van der Waals surface area (Å²) in [5.41, 5.74) is 1.89. The molecule has 1 N–H and O–H groups in total. The maximum absolute atomic E-state index is 13.2. The molecule has 0 unspecified atom stereocenters. The van der Waals surface area contributed by atoms with Gasteiger partial charge in [0.25, 0.3) is 5.92 Å². The van der Waals surface area contributed by atoms with Gasteiger partial charge in [-0.25, -0.2) is 18.2 Å². The van der Waals surface area contributed by atoms with E-state index in [1.165, 1.54) is 17.0 Å². The number of carbonyl (C=O) groups excluding carboxylic acids is 1. The average Bonchev–Trinajstić information content (AvgIpc) is 3.21. The van der Waals surface area contributed by atoms with E-state index >= 15 is 0 Å². The summed E-state index contributed by atoms with van der Waals surface area (Å²) in [6.45, 7) is 2.42. The molecule has 1 amide bonds. The lowest BCUT2D eigenvalue weighted by Gasteiger charge is -2.38. The Balaban J connectivity index is 1.01. The number of amides is 1. The largest absolute Gasteiger partial charge is 0.353 e.